The maximum Gasteiger partial charge on any atom is 0.320 e. The Hall–Kier alpha value is -0.570. The molecule has 1 rings (SSSR count). The molecule has 1 atom stereocenters. The van der Waals surface area contributed by atoms with Crippen LogP contribution in [0.25, 0.3) is 0 Å². The van der Waals surface area contributed by atoms with Crippen LogP contribution in [-0.4, -0.2) is 17.1 Å². The van der Waals surface area contributed by atoms with Gasteiger partial charge in [-0.15, -0.1) is 0 Å². The number of carbonyl (C=O) groups is 1. The minimum atomic E-state index is -0.853. The highest BCUT2D eigenvalue weighted by molar-refractivity contribution is 5.73. The summed E-state index contributed by atoms with van der Waals surface area (Å²) in [4.78, 5) is 10.8. The van der Waals surface area contributed by atoms with Crippen LogP contribution >= 0.6 is 0 Å². The van der Waals surface area contributed by atoms with Crippen LogP contribution in [-0.2, 0) is 4.79 Å². The largest absolute Gasteiger partial charge is 0.480 e. The molecule has 0 aromatic heterocycles. The third-order valence-electron chi connectivity index (χ3n) is 3.79. The Bertz CT molecular complexity index is 224. The number of hydrogen-bond acceptors (Lipinski definition) is 2. The Morgan fingerprint density at radius 1 is 1.27 bits per heavy atom. The van der Waals surface area contributed by atoms with Crippen molar-refractivity contribution in [2.45, 2.75) is 52.5 Å². The van der Waals surface area contributed by atoms with Crippen molar-refractivity contribution >= 4 is 5.97 Å². The molecule has 0 aromatic rings. The molecule has 15 heavy (non-hydrogen) atoms. The molecule has 0 radical (unpaired) electrons. The molecule has 3 nitrogen and oxygen atoms in total. The van der Waals surface area contributed by atoms with E-state index in [9.17, 15) is 4.79 Å². The molecule has 0 aliphatic heterocycles. The van der Waals surface area contributed by atoms with Gasteiger partial charge in [0.25, 0.3) is 0 Å². The average Bonchev–Trinajstić information content (AvgIpc) is 2.15. The second kappa shape index (κ2) is 4.52. The predicted octanol–water partition coefficient (Wildman–Crippen LogP) is 2.25. The highest BCUT2D eigenvalue weighted by Gasteiger charge is 2.33. The Balaban J connectivity index is 2.46. The fourth-order valence-corrected chi connectivity index (χ4v) is 2.55. The van der Waals surface area contributed by atoms with Crippen LogP contribution < -0.4 is 5.73 Å². The summed E-state index contributed by atoms with van der Waals surface area (Å²) in [5, 5.41) is 8.84. The maximum absolute atomic E-state index is 10.8. The first-order valence-electron chi connectivity index (χ1n) is 5.80. The summed E-state index contributed by atoms with van der Waals surface area (Å²) in [5.74, 6) is 0.0463. The lowest BCUT2D eigenvalue weighted by Gasteiger charge is -2.37. The molecule has 1 aliphatic rings. The number of aliphatic carboxylic acids is 1. The predicted molar refractivity (Wildman–Crippen MR) is 60.5 cm³/mol. The van der Waals surface area contributed by atoms with Crippen molar-refractivity contribution in [3.63, 3.8) is 0 Å². The molecule has 1 saturated carbocycles. The van der Waals surface area contributed by atoms with Crippen molar-refractivity contribution in [3.8, 4) is 0 Å². The van der Waals surface area contributed by atoms with E-state index in [0.29, 0.717) is 5.41 Å². The Kier molecular flexibility index (Phi) is 3.77. The molecule has 0 bridgehead atoms. The van der Waals surface area contributed by atoms with Crippen LogP contribution in [0.3, 0.4) is 0 Å². The van der Waals surface area contributed by atoms with E-state index in [4.69, 9.17) is 10.8 Å². The molecule has 0 saturated heterocycles. The quantitative estimate of drug-likeness (QED) is 0.739. The fourth-order valence-electron chi connectivity index (χ4n) is 2.55. The van der Waals surface area contributed by atoms with E-state index in [1.54, 1.807) is 0 Å². The van der Waals surface area contributed by atoms with E-state index in [2.05, 4.69) is 20.8 Å². The lowest BCUT2D eigenvalue weighted by atomic mass is 9.68. The molecule has 0 aromatic carbocycles. The van der Waals surface area contributed by atoms with Gasteiger partial charge in [-0.3, -0.25) is 4.79 Å². The molecule has 1 aliphatic carbocycles. The minimum absolute atomic E-state index is 0.182. The van der Waals surface area contributed by atoms with Crippen LogP contribution in [0.4, 0.5) is 0 Å². The average molecular weight is 213 g/mol. The van der Waals surface area contributed by atoms with Crippen molar-refractivity contribution in [2.24, 2.45) is 23.0 Å². The molecule has 0 amide bonds. The summed E-state index contributed by atoms with van der Waals surface area (Å²) in [6.07, 6.45) is 4.18. The number of carboxylic acids is 1. The van der Waals surface area contributed by atoms with Crippen molar-refractivity contribution in [2.75, 3.05) is 0 Å². The molecule has 88 valence electrons. The highest BCUT2D eigenvalue weighted by Crippen LogP contribution is 2.40. The molecule has 3 heteroatoms. The second-order valence-electron chi connectivity index (χ2n) is 5.84. The number of nitrogens with two attached hydrogens (primary N) is 1. The highest BCUT2D eigenvalue weighted by atomic mass is 16.4. The topological polar surface area (TPSA) is 63.3 Å². The smallest absolute Gasteiger partial charge is 0.320 e. The van der Waals surface area contributed by atoms with Gasteiger partial charge in [0.2, 0.25) is 0 Å². The number of hydrogen-bond donors (Lipinski definition) is 2. The van der Waals surface area contributed by atoms with E-state index in [1.165, 1.54) is 0 Å². The van der Waals surface area contributed by atoms with E-state index in [0.717, 1.165) is 31.6 Å². The van der Waals surface area contributed by atoms with Crippen molar-refractivity contribution in [3.05, 3.63) is 0 Å². The first kappa shape index (κ1) is 12.5. The summed E-state index contributed by atoms with van der Waals surface area (Å²) in [7, 11) is 0. The third-order valence-corrected chi connectivity index (χ3v) is 3.79. The van der Waals surface area contributed by atoms with E-state index in [-0.39, 0.29) is 5.92 Å². The molecule has 1 fully saturated rings. The SMILES string of the molecule is CC(C)(C)C1CCC([C@H](N)C(=O)O)CC1. The summed E-state index contributed by atoms with van der Waals surface area (Å²) in [6, 6.07) is -0.661. The zero-order chi connectivity index (χ0) is 11.6. The Morgan fingerprint density at radius 2 is 1.73 bits per heavy atom. The van der Waals surface area contributed by atoms with Crippen molar-refractivity contribution in [1.82, 2.24) is 0 Å². The molecular formula is C12H23NO2. The summed E-state index contributed by atoms with van der Waals surface area (Å²) in [6.45, 7) is 6.78. The monoisotopic (exact) mass is 213 g/mol. The summed E-state index contributed by atoms with van der Waals surface area (Å²) < 4.78 is 0. The van der Waals surface area contributed by atoms with Crippen LogP contribution in [0.15, 0.2) is 0 Å². The van der Waals surface area contributed by atoms with Crippen molar-refractivity contribution < 1.29 is 9.90 Å². The van der Waals surface area contributed by atoms with Gasteiger partial charge in [0.1, 0.15) is 6.04 Å². The molecule has 0 unspecified atom stereocenters. The maximum atomic E-state index is 10.8. The lowest BCUT2D eigenvalue weighted by molar-refractivity contribution is -0.140. The first-order chi connectivity index (χ1) is 6.82. The van der Waals surface area contributed by atoms with Crippen molar-refractivity contribution in [1.29, 1.82) is 0 Å². The molecule has 0 spiro atoms. The minimum Gasteiger partial charge on any atom is -0.480 e. The van der Waals surface area contributed by atoms with E-state index < -0.39 is 12.0 Å². The molecule has 0 heterocycles. The Morgan fingerprint density at radius 3 is 2.07 bits per heavy atom. The zero-order valence-corrected chi connectivity index (χ0v) is 9.99. The number of rotatable bonds is 2. The van der Waals surface area contributed by atoms with Crippen LogP contribution in [0.1, 0.15) is 46.5 Å². The number of carboxylic acid groups (broad SMARTS) is 1. The normalized spacial score (nSPS) is 29.9. The van der Waals surface area contributed by atoms with Gasteiger partial charge in [-0.25, -0.2) is 0 Å². The van der Waals surface area contributed by atoms with E-state index >= 15 is 0 Å². The summed E-state index contributed by atoms with van der Waals surface area (Å²) in [5.41, 5.74) is 5.99. The summed E-state index contributed by atoms with van der Waals surface area (Å²) >= 11 is 0. The molecule has 3 N–H and O–H groups in total. The molecular weight excluding hydrogens is 190 g/mol. The van der Waals surface area contributed by atoms with Gasteiger partial charge in [0.15, 0.2) is 0 Å². The van der Waals surface area contributed by atoms with Gasteiger partial charge < -0.3 is 10.8 Å². The third kappa shape index (κ3) is 3.20. The van der Waals surface area contributed by atoms with Gasteiger partial charge in [0, 0.05) is 0 Å². The van der Waals surface area contributed by atoms with Gasteiger partial charge in [-0.05, 0) is 42.9 Å². The van der Waals surface area contributed by atoms with Crippen LogP contribution in [0.2, 0.25) is 0 Å². The van der Waals surface area contributed by atoms with Crippen LogP contribution in [0.5, 0.6) is 0 Å². The zero-order valence-electron chi connectivity index (χ0n) is 9.99. The van der Waals surface area contributed by atoms with Gasteiger partial charge in [-0.2, -0.15) is 0 Å². The fraction of sp³-hybridized carbons (Fsp3) is 0.917. The van der Waals surface area contributed by atoms with Crippen LogP contribution in [0, 0.1) is 17.3 Å². The van der Waals surface area contributed by atoms with Gasteiger partial charge in [-0.1, -0.05) is 20.8 Å². The Labute approximate surface area is 92.0 Å². The standard InChI is InChI=1S/C12H23NO2/c1-12(2,3)9-6-4-8(5-7-9)10(13)11(14)15/h8-10H,4-7,13H2,1-3H3,(H,14,15)/t8?,9?,10-/m0/s1. The van der Waals surface area contributed by atoms with Gasteiger partial charge >= 0.3 is 5.97 Å². The second-order valence-corrected chi connectivity index (χ2v) is 5.84. The van der Waals surface area contributed by atoms with Gasteiger partial charge in [0.05, 0.1) is 0 Å². The lowest BCUT2D eigenvalue weighted by Crippen LogP contribution is -2.40. The van der Waals surface area contributed by atoms with E-state index in [1.807, 2.05) is 0 Å². The first-order valence-corrected chi connectivity index (χ1v) is 5.80.